The Morgan fingerprint density at radius 2 is 1.95 bits per heavy atom. The van der Waals surface area contributed by atoms with Crippen molar-refractivity contribution in [1.82, 2.24) is 10.2 Å². The molecule has 22 heavy (non-hydrogen) atoms. The lowest BCUT2D eigenvalue weighted by Gasteiger charge is -2.37. The van der Waals surface area contributed by atoms with Gasteiger partial charge in [-0.25, -0.2) is 0 Å². The van der Waals surface area contributed by atoms with Crippen LogP contribution >= 0.6 is 0 Å². The lowest BCUT2D eigenvalue weighted by molar-refractivity contribution is -0.127. The van der Waals surface area contributed by atoms with Crippen molar-refractivity contribution < 1.29 is 13.2 Å². The SMILES string of the molecule is N#CCN1CC(Cc2ccccc2)CC(NCC(F)(F)F)C1. The summed E-state index contributed by atoms with van der Waals surface area (Å²) >= 11 is 0. The molecular weight excluding hydrogens is 291 g/mol. The zero-order valence-electron chi connectivity index (χ0n) is 12.3. The maximum Gasteiger partial charge on any atom is 0.401 e. The van der Waals surface area contributed by atoms with Crippen molar-refractivity contribution in [2.75, 3.05) is 26.2 Å². The third-order valence-corrected chi connectivity index (χ3v) is 3.87. The van der Waals surface area contributed by atoms with Crippen LogP contribution in [0.5, 0.6) is 0 Å². The van der Waals surface area contributed by atoms with Gasteiger partial charge in [0, 0.05) is 19.1 Å². The van der Waals surface area contributed by atoms with Gasteiger partial charge in [0.2, 0.25) is 0 Å². The number of halogens is 3. The van der Waals surface area contributed by atoms with Crippen molar-refractivity contribution >= 4 is 0 Å². The molecule has 1 aromatic carbocycles. The standard InChI is InChI=1S/C16H20F3N3/c17-16(18,19)12-21-15-9-14(10-22(11-15)7-6-20)8-13-4-2-1-3-5-13/h1-5,14-15,21H,7-12H2. The number of piperidine rings is 1. The molecule has 0 aliphatic carbocycles. The van der Waals surface area contributed by atoms with Crippen LogP contribution in [0.1, 0.15) is 12.0 Å². The van der Waals surface area contributed by atoms with E-state index in [4.69, 9.17) is 5.26 Å². The molecule has 1 aromatic rings. The molecule has 2 unspecified atom stereocenters. The first-order valence-electron chi connectivity index (χ1n) is 7.39. The Bertz CT molecular complexity index is 496. The fourth-order valence-corrected chi connectivity index (χ4v) is 3.04. The highest BCUT2D eigenvalue weighted by molar-refractivity contribution is 5.15. The summed E-state index contributed by atoms with van der Waals surface area (Å²) in [7, 11) is 0. The Kier molecular flexibility index (Phi) is 5.81. The molecule has 0 spiro atoms. The van der Waals surface area contributed by atoms with Gasteiger partial charge in [0.15, 0.2) is 0 Å². The molecule has 1 heterocycles. The Hall–Kier alpha value is -1.58. The average molecular weight is 311 g/mol. The van der Waals surface area contributed by atoms with Gasteiger partial charge in [-0.2, -0.15) is 18.4 Å². The molecule has 120 valence electrons. The second-order valence-electron chi connectivity index (χ2n) is 5.84. The third kappa shape index (κ3) is 5.66. The minimum atomic E-state index is -4.20. The zero-order chi connectivity index (χ0) is 16.0. The van der Waals surface area contributed by atoms with Crippen molar-refractivity contribution in [2.24, 2.45) is 5.92 Å². The first-order chi connectivity index (χ1) is 10.5. The molecule has 1 aliphatic rings. The number of nitrogens with zero attached hydrogens (tertiary/aromatic N) is 2. The van der Waals surface area contributed by atoms with E-state index in [0.29, 0.717) is 13.0 Å². The number of rotatable bonds is 5. The van der Waals surface area contributed by atoms with Crippen molar-refractivity contribution in [3.8, 4) is 6.07 Å². The summed E-state index contributed by atoms with van der Waals surface area (Å²) in [4.78, 5) is 1.94. The fourth-order valence-electron chi connectivity index (χ4n) is 3.04. The Morgan fingerprint density at radius 3 is 2.59 bits per heavy atom. The van der Waals surface area contributed by atoms with Gasteiger partial charge in [-0.3, -0.25) is 4.90 Å². The highest BCUT2D eigenvalue weighted by Gasteiger charge is 2.32. The van der Waals surface area contributed by atoms with Crippen LogP contribution in [-0.2, 0) is 6.42 Å². The van der Waals surface area contributed by atoms with Crippen molar-refractivity contribution in [2.45, 2.75) is 25.1 Å². The average Bonchev–Trinajstić information content (AvgIpc) is 2.46. The summed E-state index contributed by atoms with van der Waals surface area (Å²) < 4.78 is 37.1. The first kappa shape index (κ1) is 16.8. The molecule has 2 atom stereocenters. The van der Waals surface area contributed by atoms with Crippen LogP contribution in [0.25, 0.3) is 0 Å². The normalized spacial score (nSPS) is 23.2. The van der Waals surface area contributed by atoms with E-state index in [0.717, 1.165) is 13.0 Å². The molecule has 0 saturated carbocycles. The molecule has 1 aliphatic heterocycles. The summed E-state index contributed by atoms with van der Waals surface area (Å²) in [5.41, 5.74) is 1.18. The van der Waals surface area contributed by atoms with Crippen LogP contribution in [-0.4, -0.2) is 43.3 Å². The number of hydrogen-bond donors (Lipinski definition) is 1. The number of alkyl halides is 3. The second-order valence-corrected chi connectivity index (χ2v) is 5.84. The van der Waals surface area contributed by atoms with Gasteiger partial charge in [0.25, 0.3) is 0 Å². The fraction of sp³-hybridized carbons (Fsp3) is 0.562. The number of benzene rings is 1. The lowest BCUT2D eigenvalue weighted by atomic mass is 9.88. The summed E-state index contributed by atoms with van der Waals surface area (Å²) in [6, 6.07) is 11.8. The summed E-state index contributed by atoms with van der Waals surface area (Å²) in [5, 5.41) is 11.4. The summed E-state index contributed by atoms with van der Waals surface area (Å²) in [5.74, 6) is 0.259. The Morgan fingerprint density at radius 1 is 1.23 bits per heavy atom. The maximum absolute atomic E-state index is 12.4. The molecule has 3 nitrogen and oxygen atoms in total. The van der Waals surface area contributed by atoms with Gasteiger partial charge in [0.1, 0.15) is 0 Å². The third-order valence-electron chi connectivity index (χ3n) is 3.87. The minimum Gasteiger partial charge on any atom is -0.305 e. The van der Waals surface area contributed by atoms with E-state index < -0.39 is 12.7 Å². The maximum atomic E-state index is 12.4. The Balaban J connectivity index is 1.95. The predicted molar refractivity (Wildman–Crippen MR) is 78.2 cm³/mol. The first-order valence-corrected chi connectivity index (χ1v) is 7.39. The summed E-state index contributed by atoms with van der Waals surface area (Å²) in [6.07, 6.45) is -2.67. The van der Waals surface area contributed by atoms with E-state index in [1.165, 1.54) is 5.56 Å². The molecule has 0 aromatic heterocycles. The summed E-state index contributed by atoms with van der Waals surface area (Å²) in [6.45, 7) is 0.535. The van der Waals surface area contributed by atoms with Crippen LogP contribution in [0.15, 0.2) is 30.3 Å². The van der Waals surface area contributed by atoms with Gasteiger partial charge in [-0.15, -0.1) is 0 Å². The van der Waals surface area contributed by atoms with Gasteiger partial charge < -0.3 is 5.32 Å². The number of likely N-dealkylation sites (tertiary alicyclic amines) is 1. The number of nitrogens with one attached hydrogen (secondary N) is 1. The van der Waals surface area contributed by atoms with E-state index in [2.05, 4.69) is 11.4 Å². The molecule has 1 saturated heterocycles. The predicted octanol–water partition coefficient (Wildman–Crippen LogP) is 2.60. The van der Waals surface area contributed by atoms with Crippen LogP contribution in [0.2, 0.25) is 0 Å². The van der Waals surface area contributed by atoms with E-state index in [9.17, 15) is 13.2 Å². The molecule has 1 N–H and O–H groups in total. The highest BCUT2D eigenvalue weighted by Crippen LogP contribution is 2.22. The van der Waals surface area contributed by atoms with Gasteiger partial charge in [-0.05, 0) is 24.3 Å². The largest absolute Gasteiger partial charge is 0.401 e. The molecule has 0 radical (unpaired) electrons. The van der Waals surface area contributed by atoms with Gasteiger partial charge in [-0.1, -0.05) is 30.3 Å². The van der Waals surface area contributed by atoms with Crippen LogP contribution in [0, 0.1) is 17.2 Å². The van der Waals surface area contributed by atoms with E-state index in [1.807, 2.05) is 35.2 Å². The molecule has 0 amide bonds. The van der Waals surface area contributed by atoms with Crippen molar-refractivity contribution in [3.63, 3.8) is 0 Å². The van der Waals surface area contributed by atoms with E-state index >= 15 is 0 Å². The quantitative estimate of drug-likeness (QED) is 0.850. The number of hydrogen-bond acceptors (Lipinski definition) is 3. The second kappa shape index (κ2) is 7.61. The molecule has 0 bridgehead atoms. The molecular formula is C16H20F3N3. The van der Waals surface area contributed by atoms with Crippen LogP contribution in [0.3, 0.4) is 0 Å². The molecule has 2 rings (SSSR count). The Labute approximate surface area is 128 Å². The minimum absolute atomic E-state index is 0.225. The van der Waals surface area contributed by atoms with Crippen LogP contribution < -0.4 is 5.32 Å². The topological polar surface area (TPSA) is 39.1 Å². The van der Waals surface area contributed by atoms with E-state index in [-0.39, 0.29) is 18.5 Å². The highest BCUT2D eigenvalue weighted by atomic mass is 19.4. The number of nitriles is 1. The molecule has 6 heteroatoms. The zero-order valence-corrected chi connectivity index (χ0v) is 12.3. The van der Waals surface area contributed by atoms with E-state index in [1.54, 1.807) is 0 Å². The smallest absolute Gasteiger partial charge is 0.305 e. The monoisotopic (exact) mass is 311 g/mol. The molecule has 1 fully saturated rings. The van der Waals surface area contributed by atoms with Gasteiger partial charge in [0.05, 0.1) is 19.2 Å². The van der Waals surface area contributed by atoms with Crippen molar-refractivity contribution in [1.29, 1.82) is 5.26 Å². The van der Waals surface area contributed by atoms with Crippen LogP contribution in [0.4, 0.5) is 13.2 Å². The van der Waals surface area contributed by atoms with Gasteiger partial charge >= 0.3 is 6.18 Å². The van der Waals surface area contributed by atoms with Crippen molar-refractivity contribution in [3.05, 3.63) is 35.9 Å². The lowest BCUT2D eigenvalue weighted by Crippen LogP contribution is -2.51.